The second-order valence-electron chi connectivity index (χ2n) is 5.26. The van der Waals surface area contributed by atoms with Crippen LogP contribution in [0.3, 0.4) is 0 Å². The lowest BCUT2D eigenvalue weighted by atomic mass is 9.99. The van der Waals surface area contributed by atoms with Crippen molar-refractivity contribution < 1.29 is 9.59 Å². The van der Waals surface area contributed by atoms with E-state index in [1.165, 1.54) is 6.92 Å². The Morgan fingerprint density at radius 2 is 1.65 bits per heavy atom. The third kappa shape index (κ3) is 2.79. The van der Waals surface area contributed by atoms with Crippen molar-refractivity contribution in [3.63, 3.8) is 0 Å². The molecule has 0 bridgehead atoms. The molecule has 0 atom stereocenters. The van der Waals surface area contributed by atoms with Gasteiger partial charge in [0.25, 0.3) is 0 Å². The Kier molecular flexibility index (Phi) is 3.81. The highest BCUT2D eigenvalue weighted by atomic mass is 16.1. The highest BCUT2D eigenvalue weighted by molar-refractivity contribution is 6.27. The summed E-state index contributed by atoms with van der Waals surface area (Å²) in [6.45, 7) is 5.09. The van der Waals surface area contributed by atoms with Gasteiger partial charge in [0.15, 0.2) is 11.6 Å². The Labute approximate surface area is 134 Å². The number of Topliss-reactive ketones (excluding diaryl/α,β-unsaturated/α-hetero) is 2. The van der Waals surface area contributed by atoms with E-state index in [9.17, 15) is 9.59 Å². The maximum absolute atomic E-state index is 12.8. The number of hydrogen-bond donors (Lipinski definition) is 2. The quantitative estimate of drug-likeness (QED) is 0.390. The van der Waals surface area contributed by atoms with E-state index in [-0.39, 0.29) is 17.1 Å². The molecule has 0 aromatic heterocycles. The summed E-state index contributed by atoms with van der Waals surface area (Å²) in [7, 11) is 0. The van der Waals surface area contributed by atoms with E-state index in [0.29, 0.717) is 11.4 Å². The van der Waals surface area contributed by atoms with Gasteiger partial charge in [0.05, 0.1) is 11.4 Å². The third-order valence-electron chi connectivity index (χ3n) is 3.66. The van der Waals surface area contributed by atoms with E-state index in [1.54, 1.807) is 24.3 Å². The summed E-state index contributed by atoms with van der Waals surface area (Å²) in [6, 6.07) is 14.6. The van der Waals surface area contributed by atoms with Gasteiger partial charge in [0.1, 0.15) is 11.4 Å². The number of rotatable bonds is 4. The van der Waals surface area contributed by atoms with Crippen LogP contribution >= 0.6 is 0 Å². The topological polar surface area (TPSA) is 58.2 Å². The number of ketones is 2. The molecule has 1 aliphatic rings. The molecule has 0 amide bonds. The molecule has 2 N–H and O–H groups in total. The molecule has 0 spiro atoms. The molecule has 0 saturated carbocycles. The first-order chi connectivity index (χ1) is 11.1. The van der Waals surface area contributed by atoms with E-state index in [4.69, 9.17) is 0 Å². The van der Waals surface area contributed by atoms with E-state index >= 15 is 0 Å². The van der Waals surface area contributed by atoms with Crippen LogP contribution in [0.2, 0.25) is 0 Å². The van der Waals surface area contributed by atoms with Crippen molar-refractivity contribution in [2.45, 2.75) is 6.92 Å². The summed E-state index contributed by atoms with van der Waals surface area (Å²) in [6.07, 6.45) is 1.67. The maximum atomic E-state index is 12.8. The summed E-state index contributed by atoms with van der Waals surface area (Å²) >= 11 is 0. The van der Waals surface area contributed by atoms with Crippen LogP contribution in [0.4, 0.5) is 11.4 Å². The first-order valence-corrected chi connectivity index (χ1v) is 7.25. The number of fused-ring (bicyclic) bond motifs is 1. The van der Waals surface area contributed by atoms with Crippen LogP contribution in [0.15, 0.2) is 66.5 Å². The van der Waals surface area contributed by atoms with Crippen molar-refractivity contribution in [3.05, 3.63) is 77.6 Å². The predicted molar refractivity (Wildman–Crippen MR) is 92.3 cm³/mol. The molecular formula is C19H16N2O2. The Morgan fingerprint density at radius 3 is 2.22 bits per heavy atom. The number of hydrogen-bond acceptors (Lipinski definition) is 4. The van der Waals surface area contributed by atoms with Crippen LogP contribution in [-0.4, -0.2) is 11.6 Å². The molecule has 0 aliphatic carbocycles. The Morgan fingerprint density at radius 1 is 1.00 bits per heavy atom. The lowest BCUT2D eigenvalue weighted by molar-refractivity contribution is -0.113. The van der Waals surface area contributed by atoms with Crippen molar-refractivity contribution >= 4 is 29.0 Å². The van der Waals surface area contributed by atoms with Crippen molar-refractivity contribution in [2.24, 2.45) is 0 Å². The van der Waals surface area contributed by atoms with Crippen molar-refractivity contribution in [2.75, 3.05) is 10.6 Å². The van der Waals surface area contributed by atoms with Crippen LogP contribution in [0.1, 0.15) is 22.8 Å². The van der Waals surface area contributed by atoms with Gasteiger partial charge in [-0.25, -0.2) is 0 Å². The Balaban J connectivity index is 2.03. The number of para-hydroxylation sites is 2. The van der Waals surface area contributed by atoms with Gasteiger partial charge in [-0.1, -0.05) is 43.0 Å². The third-order valence-corrected chi connectivity index (χ3v) is 3.66. The minimum atomic E-state index is -0.316. The molecule has 0 radical (unpaired) electrons. The molecule has 2 aromatic rings. The molecule has 0 unspecified atom stereocenters. The van der Waals surface area contributed by atoms with Crippen LogP contribution in [0, 0.1) is 0 Å². The zero-order valence-electron chi connectivity index (χ0n) is 12.7. The summed E-state index contributed by atoms with van der Waals surface area (Å²) in [4.78, 5) is 24.9. The fraction of sp³-hybridized carbons (Fsp3) is 0.0526. The van der Waals surface area contributed by atoms with Gasteiger partial charge in [0.2, 0.25) is 0 Å². The molecule has 114 valence electrons. The smallest absolute Gasteiger partial charge is 0.200 e. The largest absolute Gasteiger partial charge is 0.339 e. The summed E-state index contributed by atoms with van der Waals surface area (Å²) in [5.74, 6) is -0.182. The summed E-state index contributed by atoms with van der Waals surface area (Å²) in [5, 5.41) is 6.20. The van der Waals surface area contributed by atoms with Crippen LogP contribution < -0.4 is 10.6 Å². The minimum Gasteiger partial charge on any atom is -0.339 e. The molecule has 3 rings (SSSR count). The Bertz CT molecular complexity index is 823. The molecule has 1 heterocycles. The molecule has 4 heteroatoms. The molecule has 2 aromatic carbocycles. The molecule has 23 heavy (non-hydrogen) atoms. The Hall–Kier alpha value is -3.14. The van der Waals surface area contributed by atoms with Gasteiger partial charge in [-0.3, -0.25) is 9.59 Å². The molecule has 4 nitrogen and oxygen atoms in total. The zero-order valence-corrected chi connectivity index (χ0v) is 12.7. The second kappa shape index (κ2) is 5.93. The molecular weight excluding hydrogens is 288 g/mol. The summed E-state index contributed by atoms with van der Waals surface area (Å²) in [5.41, 5.74) is 3.09. The van der Waals surface area contributed by atoms with Crippen LogP contribution in [-0.2, 0) is 4.79 Å². The number of carbonyl (C=O) groups is 2. The van der Waals surface area contributed by atoms with E-state index < -0.39 is 0 Å². The minimum absolute atomic E-state index is 0.113. The van der Waals surface area contributed by atoms with E-state index in [1.807, 2.05) is 30.3 Å². The SMILES string of the molecule is C=Cc1cccc(C(=O)C(C(C)=O)=C2Nc3ccccc3N2)c1. The van der Waals surface area contributed by atoms with Crippen LogP contribution in [0.5, 0.6) is 0 Å². The second-order valence-corrected chi connectivity index (χ2v) is 5.26. The first-order valence-electron chi connectivity index (χ1n) is 7.25. The fourth-order valence-electron chi connectivity index (χ4n) is 2.53. The number of anilines is 2. The normalized spacial score (nSPS) is 12.0. The highest BCUT2D eigenvalue weighted by Crippen LogP contribution is 2.31. The van der Waals surface area contributed by atoms with E-state index in [2.05, 4.69) is 17.2 Å². The molecule has 0 saturated heterocycles. The van der Waals surface area contributed by atoms with Crippen LogP contribution in [0.25, 0.3) is 6.08 Å². The monoisotopic (exact) mass is 304 g/mol. The van der Waals surface area contributed by atoms with Gasteiger partial charge in [-0.15, -0.1) is 0 Å². The average Bonchev–Trinajstić information content (AvgIpc) is 2.97. The van der Waals surface area contributed by atoms with E-state index in [0.717, 1.165) is 16.9 Å². The fourth-order valence-corrected chi connectivity index (χ4v) is 2.53. The number of allylic oxidation sites excluding steroid dienone is 1. The average molecular weight is 304 g/mol. The standard InChI is InChI=1S/C19H16N2O2/c1-3-13-7-6-8-14(11-13)18(23)17(12(2)22)19-20-15-9-4-5-10-16(15)21-19/h3-11,20-21H,1H2,2H3. The van der Waals surface area contributed by atoms with Crippen molar-refractivity contribution in [1.82, 2.24) is 0 Å². The van der Waals surface area contributed by atoms with Gasteiger partial charge >= 0.3 is 0 Å². The highest BCUT2D eigenvalue weighted by Gasteiger charge is 2.25. The lowest BCUT2D eigenvalue weighted by Gasteiger charge is -2.09. The first kappa shape index (κ1) is 14.8. The number of nitrogens with one attached hydrogen (secondary N) is 2. The van der Waals surface area contributed by atoms with Gasteiger partial charge in [0, 0.05) is 5.56 Å². The number of carbonyl (C=O) groups excluding carboxylic acids is 2. The number of benzene rings is 2. The predicted octanol–water partition coefficient (Wildman–Crippen LogP) is 3.85. The van der Waals surface area contributed by atoms with Gasteiger partial charge in [-0.2, -0.15) is 0 Å². The van der Waals surface area contributed by atoms with Crippen molar-refractivity contribution in [1.29, 1.82) is 0 Å². The van der Waals surface area contributed by atoms with Crippen molar-refractivity contribution in [3.8, 4) is 0 Å². The zero-order chi connectivity index (χ0) is 16.4. The maximum Gasteiger partial charge on any atom is 0.200 e. The molecule has 1 aliphatic heterocycles. The lowest BCUT2D eigenvalue weighted by Crippen LogP contribution is -2.18. The van der Waals surface area contributed by atoms with Gasteiger partial charge in [-0.05, 0) is 30.7 Å². The molecule has 0 fully saturated rings. The summed E-state index contributed by atoms with van der Waals surface area (Å²) < 4.78 is 0. The van der Waals surface area contributed by atoms with Gasteiger partial charge < -0.3 is 10.6 Å².